The summed E-state index contributed by atoms with van der Waals surface area (Å²) < 4.78 is 5.34. The zero-order valence-electron chi connectivity index (χ0n) is 8.85. The second-order valence-corrected chi connectivity index (χ2v) is 3.81. The number of amides is 1. The van der Waals surface area contributed by atoms with E-state index in [1.807, 2.05) is 0 Å². The number of nitrogen functional groups attached to an aromatic ring is 1. The fraction of sp³-hybridized carbons (Fsp3) is 0.500. The Morgan fingerprint density at radius 2 is 2.38 bits per heavy atom. The van der Waals surface area contributed by atoms with Crippen LogP contribution in [0.2, 0.25) is 0 Å². The monoisotopic (exact) mass is 222 g/mol. The summed E-state index contributed by atoms with van der Waals surface area (Å²) in [5.74, 6) is 0.326. The molecule has 0 saturated carbocycles. The van der Waals surface area contributed by atoms with Crippen LogP contribution in [0.15, 0.2) is 6.20 Å². The predicted molar refractivity (Wildman–Crippen MR) is 57.8 cm³/mol. The summed E-state index contributed by atoms with van der Waals surface area (Å²) >= 11 is 0. The lowest BCUT2D eigenvalue weighted by atomic mass is 10.0. The van der Waals surface area contributed by atoms with Gasteiger partial charge < -0.3 is 16.2 Å². The summed E-state index contributed by atoms with van der Waals surface area (Å²) in [6, 6.07) is 0. The van der Waals surface area contributed by atoms with E-state index in [1.54, 1.807) is 0 Å². The van der Waals surface area contributed by atoms with Crippen LogP contribution in [0.4, 0.5) is 5.82 Å². The Balaban J connectivity index is 2.23. The van der Waals surface area contributed by atoms with Crippen molar-refractivity contribution in [2.75, 3.05) is 18.9 Å². The minimum atomic E-state index is -0.607. The molecular formula is C10H14N4O2. The highest BCUT2D eigenvalue weighted by Crippen LogP contribution is 2.23. The van der Waals surface area contributed by atoms with E-state index in [4.69, 9.17) is 16.2 Å². The van der Waals surface area contributed by atoms with E-state index in [1.165, 1.54) is 6.20 Å². The number of carbonyl (C=O) groups excluding carboxylic acids is 1. The van der Waals surface area contributed by atoms with Crippen molar-refractivity contribution in [3.8, 4) is 0 Å². The molecule has 1 aromatic rings. The second-order valence-electron chi connectivity index (χ2n) is 3.81. The largest absolute Gasteiger partial charge is 0.383 e. The zero-order valence-corrected chi connectivity index (χ0v) is 8.85. The van der Waals surface area contributed by atoms with Crippen molar-refractivity contribution >= 4 is 11.7 Å². The highest BCUT2D eigenvalue weighted by Gasteiger charge is 2.20. The number of hydrogen-bond acceptors (Lipinski definition) is 5. The summed E-state index contributed by atoms with van der Waals surface area (Å²) in [6.07, 6.45) is 3.36. The molecule has 4 N–H and O–H groups in total. The third kappa shape index (κ3) is 2.11. The van der Waals surface area contributed by atoms with E-state index in [2.05, 4.69) is 9.97 Å². The highest BCUT2D eigenvalue weighted by molar-refractivity contribution is 5.96. The maximum absolute atomic E-state index is 10.9. The number of nitrogens with two attached hydrogens (primary N) is 2. The minimum absolute atomic E-state index is 0.142. The lowest BCUT2D eigenvalue weighted by molar-refractivity contribution is 0.0781. The van der Waals surface area contributed by atoms with Crippen LogP contribution < -0.4 is 11.5 Å². The van der Waals surface area contributed by atoms with Crippen molar-refractivity contribution in [2.45, 2.75) is 18.8 Å². The molecule has 0 aliphatic carbocycles. The minimum Gasteiger partial charge on any atom is -0.383 e. The van der Waals surface area contributed by atoms with Crippen LogP contribution in [0, 0.1) is 0 Å². The van der Waals surface area contributed by atoms with Crippen LogP contribution in [0.5, 0.6) is 0 Å². The van der Waals surface area contributed by atoms with Gasteiger partial charge in [-0.25, -0.2) is 9.97 Å². The molecule has 0 aromatic carbocycles. The van der Waals surface area contributed by atoms with E-state index in [0.717, 1.165) is 19.4 Å². The van der Waals surface area contributed by atoms with Gasteiger partial charge in [0, 0.05) is 18.7 Å². The molecule has 0 spiro atoms. The lowest BCUT2D eigenvalue weighted by Crippen LogP contribution is -2.20. The third-order valence-electron chi connectivity index (χ3n) is 2.63. The molecule has 6 nitrogen and oxygen atoms in total. The summed E-state index contributed by atoms with van der Waals surface area (Å²) in [7, 11) is 0. The van der Waals surface area contributed by atoms with Gasteiger partial charge in [0.15, 0.2) is 0 Å². The number of aromatic nitrogens is 2. The summed E-state index contributed by atoms with van der Waals surface area (Å²) in [4.78, 5) is 19.2. The first-order valence-electron chi connectivity index (χ1n) is 5.18. The van der Waals surface area contributed by atoms with Crippen molar-refractivity contribution in [3.63, 3.8) is 0 Å². The van der Waals surface area contributed by atoms with E-state index in [9.17, 15) is 4.79 Å². The predicted octanol–water partition coefficient (Wildman–Crippen LogP) is 0.0517. The van der Waals surface area contributed by atoms with Crippen LogP contribution in [0.1, 0.15) is 34.9 Å². The van der Waals surface area contributed by atoms with Gasteiger partial charge in [-0.3, -0.25) is 4.79 Å². The first kappa shape index (κ1) is 10.8. The smallest absolute Gasteiger partial charge is 0.254 e. The molecule has 0 bridgehead atoms. The van der Waals surface area contributed by atoms with E-state index >= 15 is 0 Å². The van der Waals surface area contributed by atoms with Gasteiger partial charge >= 0.3 is 0 Å². The van der Waals surface area contributed by atoms with Crippen molar-refractivity contribution in [2.24, 2.45) is 5.73 Å². The Morgan fingerprint density at radius 3 is 2.94 bits per heavy atom. The van der Waals surface area contributed by atoms with E-state index in [-0.39, 0.29) is 17.3 Å². The SMILES string of the molecule is NC(=O)c1cnc(C2CCCOC2)nc1N. The number of nitrogens with zero attached hydrogens (tertiary/aromatic N) is 2. The van der Waals surface area contributed by atoms with Gasteiger partial charge in [-0.2, -0.15) is 0 Å². The Hall–Kier alpha value is -1.69. The molecule has 1 atom stereocenters. The average Bonchev–Trinajstić information content (AvgIpc) is 2.29. The molecule has 0 radical (unpaired) electrons. The molecular weight excluding hydrogens is 208 g/mol. The number of carbonyl (C=O) groups is 1. The average molecular weight is 222 g/mol. The van der Waals surface area contributed by atoms with E-state index < -0.39 is 5.91 Å². The zero-order chi connectivity index (χ0) is 11.5. The molecule has 2 heterocycles. The van der Waals surface area contributed by atoms with Crippen LogP contribution in [0.25, 0.3) is 0 Å². The topological polar surface area (TPSA) is 104 Å². The second kappa shape index (κ2) is 4.44. The fourth-order valence-electron chi connectivity index (χ4n) is 1.74. The highest BCUT2D eigenvalue weighted by atomic mass is 16.5. The van der Waals surface area contributed by atoms with Gasteiger partial charge in [0.2, 0.25) is 0 Å². The molecule has 1 unspecified atom stereocenters. The van der Waals surface area contributed by atoms with Gasteiger partial charge in [0.05, 0.1) is 12.2 Å². The number of primary amides is 1. The number of anilines is 1. The molecule has 86 valence electrons. The molecule has 1 aliphatic heterocycles. The number of hydrogen-bond donors (Lipinski definition) is 2. The summed E-state index contributed by atoms with van der Waals surface area (Å²) in [6.45, 7) is 1.39. The number of ether oxygens (including phenoxy) is 1. The van der Waals surface area contributed by atoms with Crippen molar-refractivity contribution in [1.29, 1.82) is 0 Å². The van der Waals surface area contributed by atoms with Gasteiger partial charge in [0.25, 0.3) is 5.91 Å². The molecule has 1 aromatic heterocycles. The first-order chi connectivity index (χ1) is 7.68. The molecule has 1 saturated heterocycles. The van der Waals surface area contributed by atoms with Crippen molar-refractivity contribution in [3.05, 3.63) is 17.6 Å². The van der Waals surface area contributed by atoms with Gasteiger partial charge in [-0.1, -0.05) is 0 Å². The normalized spacial score (nSPS) is 20.6. The molecule has 2 rings (SSSR count). The maximum atomic E-state index is 10.9. The Bertz CT molecular complexity index is 402. The fourth-order valence-corrected chi connectivity index (χ4v) is 1.74. The van der Waals surface area contributed by atoms with Crippen molar-refractivity contribution in [1.82, 2.24) is 9.97 Å². The first-order valence-corrected chi connectivity index (χ1v) is 5.18. The Morgan fingerprint density at radius 1 is 1.56 bits per heavy atom. The van der Waals surface area contributed by atoms with Gasteiger partial charge in [-0.05, 0) is 12.8 Å². The van der Waals surface area contributed by atoms with Crippen LogP contribution in [-0.4, -0.2) is 29.1 Å². The third-order valence-corrected chi connectivity index (χ3v) is 2.63. The van der Waals surface area contributed by atoms with Crippen LogP contribution in [-0.2, 0) is 4.74 Å². The molecule has 1 aliphatic rings. The standard InChI is InChI=1S/C10H14N4O2/c11-8-7(9(12)15)4-13-10(14-8)6-2-1-3-16-5-6/h4,6H,1-3,5H2,(H2,12,15)(H2,11,13,14). The summed E-state index contributed by atoms with van der Waals surface area (Å²) in [5, 5.41) is 0. The maximum Gasteiger partial charge on any atom is 0.254 e. The van der Waals surface area contributed by atoms with Gasteiger partial charge in [-0.15, -0.1) is 0 Å². The summed E-state index contributed by atoms with van der Waals surface area (Å²) in [5.41, 5.74) is 10.9. The van der Waals surface area contributed by atoms with Crippen LogP contribution >= 0.6 is 0 Å². The lowest BCUT2D eigenvalue weighted by Gasteiger charge is -2.20. The molecule has 16 heavy (non-hydrogen) atoms. The number of rotatable bonds is 2. The van der Waals surface area contributed by atoms with E-state index in [0.29, 0.717) is 12.4 Å². The molecule has 6 heteroatoms. The van der Waals surface area contributed by atoms with Crippen molar-refractivity contribution < 1.29 is 9.53 Å². The Labute approximate surface area is 93.0 Å². The van der Waals surface area contributed by atoms with Crippen LogP contribution in [0.3, 0.4) is 0 Å². The quantitative estimate of drug-likeness (QED) is 0.735. The van der Waals surface area contributed by atoms with Gasteiger partial charge in [0.1, 0.15) is 11.6 Å². The Kier molecular flexibility index (Phi) is 3.00. The molecule has 1 amide bonds. The molecule has 1 fully saturated rings.